The Balaban J connectivity index is 2.03. The third-order valence-corrected chi connectivity index (χ3v) is 3.04. The molecule has 0 saturated carbocycles. The summed E-state index contributed by atoms with van der Waals surface area (Å²) in [5.41, 5.74) is 3.21. The van der Waals surface area contributed by atoms with Crippen LogP contribution in [0.1, 0.15) is 15.9 Å². The average molecular weight is 377 g/mol. The lowest BCUT2D eigenvalue weighted by molar-refractivity contribution is -0.307. The van der Waals surface area contributed by atoms with Gasteiger partial charge >= 0.3 is 0 Å². The summed E-state index contributed by atoms with van der Waals surface area (Å²) < 4.78 is 5.75. The zero-order valence-electron chi connectivity index (χ0n) is 11.7. The molecule has 1 N–H and O–H groups in total. The number of aliphatic carboxylic acids is 1. The van der Waals surface area contributed by atoms with Crippen LogP contribution < -0.4 is 15.3 Å². The van der Waals surface area contributed by atoms with E-state index in [1.165, 1.54) is 12.4 Å². The fourth-order valence-corrected chi connectivity index (χ4v) is 1.98. The molecule has 0 bridgehead atoms. The summed E-state index contributed by atoms with van der Waals surface area (Å²) in [4.78, 5) is 26.2. The Kier molecular flexibility index (Phi) is 5.81. The van der Waals surface area contributed by atoms with Gasteiger partial charge < -0.3 is 14.6 Å². The summed E-state index contributed by atoms with van der Waals surface area (Å²) in [6.07, 6.45) is 4.32. The van der Waals surface area contributed by atoms with Gasteiger partial charge in [0.2, 0.25) is 0 Å². The van der Waals surface area contributed by atoms with Gasteiger partial charge in [0.15, 0.2) is 0 Å². The van der Waals surface area contributed by atoms with E-state index < -0.39 is 18.5 Å². The lowest BCUT2D eigenvalue weighted by atomic mass is 10.2. The van der Waals surface area contributed by atoms with E-state index in [0.717, 1.165) is 0 Å². The molecule has 2 aromatic rings. The molecule has 0 aliphatic heterocycles. The number of benzene rings is 1. The third kappa shape index (κ3) is 5.19. The number of aromatic nitrogens is 1. The predicted molar refractivity (Wildman–Crippen MR) is 83.9 cm³/mol. The first-order valence-corrected chi connectivity index (χ1v) is 7.21. The normalized spacial score (nSPS) is 10.5. The molecule has 0 aliphatic carbocycles. The number of para-hydroxylation sites is 1. The standard InChI is InChI=1S/C15H12BrN3O4/c16-12-5-11(6-17-8-12)15(22)19-18-7-10-3-1-2-4-13(10)23-9-14(20)21/h1-8H,9H2,(H,19,22)(H,20,21)/p-1/b18-7-. The molecular formula is C15H11BrN3O4-. The molecule has 0 aliphatic rings. The molecule has 0 radical (unpaired) electrons. The minimum atomic E-state index is -1.33. The molecular weight excluding hydrogens is 366 g/mol. The molecule has 0 unspecified atom stereocenters. The van der Waals surface area contributed by atoms with Gasteiger partial charge in [-0.05, 0) is 34.1 Å². The maximum absolute atomic E-state index is 11.9. The Morgan fingerprint density at radius 2 is 2.13 bits per heavy atom. The van der Waals surface area contributed by atoms with Crippen molar-refractivity contribution in [1.82, 2.24) is 10.4 Å². The lowest BCUT2D eigenvalue weighted by Gasteiger charge is -2.09. The molecule has 1 amide bonds. The highest BCUT2D eigenvalue weighted by atomic mass is 79.9. The highest BCUT2D eigenvalue weighted by molar-refractivity contribution is 9.10. The minimum absolute atomic E-state index is 0.318. The number of pyridine rings is 1. The van der Waals surface area contributed by atoms with Crippen LogP contribution in [0, 0.1) is 0 Å². The first-order valence-electron chi connectivity index (χ1n) is 6.42. The number of carboxylic acids is 1. The Labute approximate surface area is 140 Å². The second-order valence-corrected chi connectivity index (χ2v) is 5.21. The molecule has 8 heteroatoms. The van der Waals surface area contributed by atoms with Crippen LogP contribution in [0.2, 0.25) is 0 Å². The topological polar surface area (TPSA) is 104 Å². The second kappa shape index (κ2) is 8.04. The lowest BCUT2D eigenvalue weighted by Crippen LogP contribution is -2.29. The highest BCUT2D eigenvalue weighted by Crippen LogP contribution is 2.15. The summed E-state index contributed by atoms with van der Waals surface area (Å²) in [5.74, 6) is -1.44. The third-order valence-electron chi connectivity index (χ3n) is 2.60. The van der Waals surface area contributed by atoms with Gasteiger partial charge in [0.1, 0.15) is 12.4 Å². The molecule has 2 rings (SSSR count). The molecule has 7 nitrogen and oxygen atoms in total. The van der Waals surface area contributed by atoms with Crippen LogP contribution >= 0.6 is 15.9 Å². The van der Waals surface area contributed by atoms with Crippen LogP contribution in [-0.2, 0) is 4.79 Å². The number of carbonyl (C=O) groups excluding carboxylic acids is 2. The van der Waals surface area contributed by atoms with Crippen molar-refractivity contribution in [2.24, 2.45) is 5.10 Å². The van der Waals surface area contributed by atoms with Crippen molar-refractivity contribution in [2.45, 2.75) is 0 Å². The van der Waals surface area contributed by atoms with E-state index >= 15 is 0 Å². The maximum atomic E-state index is 11.9. The average Bonchev–Trinajstić information content (AvgIpc) is 2.53. The monoisotopic (exact) mass is 376 g/mol. The van der Waals surface area contributed by atoms with Crippen LogP contribution in [0.25, 0.3) is 0 Å². The van der Waals surface area contributed by atoms with E-state index in [1.807, 2.05) is 0 Å². The zero-order valence-corrected chi connectivity index (χ0v) is 13.3. The Hall–Kier alpha value is -2.74. The maximum Gasteiger partial charge on any atom is 0.272 e. The quantitative estimate of drug-likeness (QED) is 0.591. The van der Waals surface area contributed by atoms with E-state index in [2.05, 4.69) is 31.4 Å². The van der Waals surface area contributed by atoms with Crippen molar-refractivity contribution in [3.63, 3.8) is 0 Å². The van der Waals surface area contributed by atoms with Crippen LogP contribution in [0.3, 0.4) is 0 Å². The van der Waals surface area contributed by atoms with Gasteiger partial charge in [-0.3, -0.25) is 9.78 Å². The molecule has 23 heavy (non-hydrogen) atoms. The fourth-order valence-electron chi connectivity index (χ4n) is 1.62. The van der Waals surface area contributed by atoms with Gasteiger partial charge in [-0.25, -0.2) is 5.43 Å². The molecule has 0 saturated heterocycles. The largest absolute Gasteiger partial charge is 0.546 e. The van der Waals surface area contributed by atoms with Crippen LogP contribution in [-0.4, -0.2) is 29.7 Å². The Bertz CT molecular complexity index is 749. The van der Waals surface area contributed by atoms with E-state index in [0.29, 0.717) is 21.3 Å². The number of halogens is 1. The van der Waals surface area contributed by atoms with Gasteiger partial charge in [-0.2, -0.15) is 5.10 Å². The summed E-state index contributed by atoms with van der Waals surface area (Å²) >= 11 is 3.22. The Morgan fingerprint density at radius 3 is 2.87 bits per heavy atom. The first kappa shape index (κ1) is 16.6. The van der Waals surface area contributed by atoms with Gasteiger partial charge in [-0.1, -0.05) is 12.1 Å². The highest BCUT2D eigenvalue weighted by Gasteiger charge is 2.05. The number of rotatable bonds is 6. The van der Waals surface area contributed by atoms with Crippen LogP contribution in [0.15, 0.2) is 52.3 Å². The summed E-state index contributed by atoms with van der Waals surface area (Å²) in [6.45, 7) is -0.569. The molecule has 118 valence electrons. The first-order chi connectivity index (χ1) is 11.1. The smallest absolute Gasteiger partial charge is 0.272 e. The van der Waals surface area contributed by atoms with Crippen molar-refractivity contribution in [1.29, 1.82) is 0 Å². The molecule has 1 aromatic heterocycles. The molecule has 0 fully saturated rings. The molecule has 1 heterocycles. The van der Waals surface area contributed by atoms with E-state index in [-0.39, 0.29) is 0 Å². The number of hydrogen-bond donors (Lipinski definition) is 1. The van der Waals surface area contributed by atoms with E-state index in [4.69, 9.17) is 4.74 Å². The van der Waals surface area contributed by atoms with E-state index in [1.54, 1.807) is 36.5 Å². The van der Waals surface area contributed by atoms with Gasteiger partial charge in [-0.15, -0.1) is 0 Å². The van der Waals surface area contributed by atoms with Crippen molar-refractivity contribution >= 4 is 34.0 Å². The summed E-state index contributed by atoms with van der Waals surface area (Å²) in [6, 6.07) is 8.28. The van der Waals surface area contributed by atoms with Gasteiger partial charge in [0.25, 0.3) is 5.91 Å². The number of ether oxygens (including phenoxy) is 1. The number of hydrogen-bond acceptors (Lipinski definition) is 6. The van der Waals surface area contributed by atoms with Crippen molar-refractivity contribution in [3.8, 4) is 5.75 Å². The fraction of sp³-hybridized carbons (Fsp3) is 0.0667. The SMILES string of the molecule is O=C([O-])COc1ccccc1/C=N\NC(=O)c1cncc(Br)c1. The van der Waals surface area contributed by atoms with Crippen LogP contribution in [0.5, 0.6) is 5.75 Å². The van der Waals surface area contributed by atoms with Crippen molar-refractivity contribution < 1.29 is 19.4 Å². The van der Waals surface area contributed by atoms with E-state index in [9.17, 15) is 14.7 Å². The number of nitrogens with one attached hydrogen (secondary N) is 1. The minimum Gasteiger partial charge on any atom is -0.546 e. The number of hydrazone groups is 1. The molecule has 1 aromatic carbocycles. The molecule has 0 spiro atoms. The molecule has 0 atom stereocenters. The van der Waals surface area contributed by atoms with Gasteiger partial charge in [0, 0.05) is 22.4 Å². The van der Waals surface area contributed by atoms with Crippen LogP contribution in [0.4, 0.5) is 0 Å². The second-order valence-electron chi connectivity index (χ2n) is 4.29. The van der Waals surface area contributed by atoms with Crippen molar-refractivity contribution in [3.05, 3.63) is 58.3 Å². The van der Waals surface area contributed by atoms with Crippen molar-refractivity contribution in [2.75, 3.05) is 6.61 Å². The summed E-state index contributed by atoms with van der Waals surface area (Å²) in [7, 11) is 0. The Morgan fingerprint density at radius 1 is 1.35 bits per heavy atom. The number of amides is 1. The van der Waals surface area contributed by atoms with Gasteiger partial charge in [0.05, 0.1) is 17.7 Å². The number of carboxylic acid groups (broad SMARTS) is 1. The summed E-state index contributed by atoms with van der Waals surface area (Å²) in [5, 5.41) is 14.3. The number of carbonyl (C=O) groups is 2. The zero-order chi connectivity index (χ0) is 16.7. The predicted octanol–water partition coefficient (Wildman–Crippen LogP) is 0.737. The number of nitrogens with zero attached hydrogens (tertiary/aromatic N) is 2.